The SMILES string of the molecule is CCCOCC(Cc1cc(F)cc(Br)c1)NN. The summed E-state index contributed by atoms with van der Waals surface area (Å²) in [6.45, 7) is 3.29. The number of hydrogen-bond acceptors (Lipinski definition) is 3. The molecule has 5 heteroatoms. The number of nitrogens with one attached hydrogen (secondary N) is 1. The molecule has 0 saturated heterocycles. The van der Waals surface area contributed by atoms with Crippen LogP contribution in [-0.2, 0) is 11.2 Å². The largest absolute Gasteiger partial charge is 0.380 e. The van der Waals surface area contributed by atoms with Gasteiger partial charge in [0.15, 0.2) is 0 Å². The zero-order valence-corrected chi connectivity index (χ0v) is 11.5. The lowest BCUT2D eigenvalue weighted by atomic mass is 10.1. The number of benzene rings is 1. The summed E-state index contributed by atoms with van der Waals surface area (Å²) in [5.74, 6) is 5.19. The fraction of sp³-hybridized carbons (Fsp3) is 0.500. The fourth-order valence-corrected chi connectivity index (χ4v) is 2.06. The van der Waals surface area contributed by atoms with Crippen LogP contribution in [0.3, 0.4) is 0 Å². The molecule has 1 rings (SSSR count). The summed E-state index contributed by atoms with van der Waals surface area (Å²) >= 11 is 3.27. The third-order valence-electron chi connectivity index (χ3n) is 2.31. The van der Waals surface area contributed by atoms with E-state index in [-0.39, 0.29) is 11.9 Å². The van der Waals surface area contributed by atoms with Gasteiger partial charge in [-0.05, 0) is 36.6 Å². The maximum atomic E-state index is 13.2. The summed E-state index contributed by atoms with van der Waals surface area (Å²) in [5.41, 5.74) is 3.57. The highest BCUT2D eigenvalue weighted by atomic mass is 79.9. The van der Waals surface area contributed by atoms with E-state index >= 15 is 0 Å². The van der Waals surface area contributed by atoms with E-state index in [1.165, 1.54) is 12.1 Å². The molecular formula is C12H18BrFN2O. The second kappa shape index (κ2) is 7.76. The molecule has 3 nitrogen and oxygen atoms in total. The van der Waals surface area contributed by atoms with Crippen LogP contribution in [0.5, 0.6) is 0 Å². The average molecular weight is 305 g/mol. The van der Waals surface area contributed by atoms with E-state index in [1.54, 1.807) is 0 Å². The van der Waals surface area contributed by atoms with Crippen molar-refractivity contribution in [3.8, 4) is 0 Å². The van der Waals surface area contributed by atoms with E-state index in [2.05, 4.69) is 28.3 Å². The van der Waals surface area contributed by atoms with Gasteiger partial charge in [0.25, 0.3) is 0 Å². The first-order valence-electron chi connectivity index (χ1n) is 5.64. The topological polar surface area (TPSA) is 47.3 Å². The lowest BCUT2D eigenvalue weighted by Gasteiger charge is -2.16. The lowest BCUT2D eigenvalue weighted by molar-refractivity contribution is 0.112. The molecule has 1 unspecified atom stereocenters. The van der Waals surface area contributed by atoms with Crippen LogP contribution >= 0.6 is 15.9 Å². The van der Waals surface area contributed by atoms with Crippen LogP contribution in [0.1, 0.15) is 18.9 Å². The first kappa shape index (κ1) is 14.6. The quantitative estimate of drug-likeness (QED) is 0.462. The third-order valence-corrected chi connectivity index (χ3v) is 2.77. The molecular weight excluding hydrogens is 287 g/mol. The summed E-state index contributed by atoms with van der Waals surface area (Å²) in [6.07, 6.45) is 1.61. The Morgan fingerprint density at radius 1 is 1.47 bits per heavy atom. The van der Waals surface area contributed by atoms with Gasteiger partial charge in [-0.25, -0.2) is 4.39 Å². The van der Waals surface area contributed by atoms with Gasteiger partial charge in [0, 0.05) is 17.1 Å². The highest BCUT2D eigenvalue weighted by molar-refractivity contribution is 9.10. The molecule has 1 atom stereocenters. The number of hydrogen-bond donors (Lipinski definition) is 2. The monoisotopic (exact) mass is 304 g/mol. The minimum atomic E-state index is -0.250. The molecule has 0 spiro atoms. The summed E-state index contributed by atoms with van der Waals surface area (Å²) in [7, 11) is 0. The first-order chi connectivity index (χ1) is 8.15. The molecule has 0 radical (unpaired) electrons. The summed E-state index contributed by atoms with van der Waals surface area (Å²) in [6, 6.07) is 4.82. The minimum absolute atomic E-state index is 0.00440. The van der Waals surface area contributed by atoms with Crippen LogP contribution in [0, 0.1) is 5.82 Å². The van der Waals surface area contributed by atoms with Crippen LogP contribution in [-0.4, -0.2) is 19.3 Å². The number of nitrogens with two attached hydrogens (primary N) is 1. The van der Waals surface area contributed by atoms with Crippen LogP contribution in [0.4, 0.5) is 4.39 Å². The molecule has 0 aliphatic carbocycles. The zero-order chi connectivity index (χ0) is 12.7. The summed E-state index contributed by atoms with van der Waals surface area (Å²) < 4.78 is 19.3. The van der Waals surface area contributed by atoms with Crippen molar-refractivity contribution in [1.82, 2.24) is 5.43 Å². The van der Waals surface area contributed by atoms with E-state index in [9.17, 15) is 4.39 Å². The fourth-order valence-electron chi connectivity index (χ4n) is 1.55. The molecule has 0 bridgehead atoms. The predicted molar refractivity (Wildman–Crippen MR) is 70.0 cm³/mol. The predicted octanol–water partition coefficient (Wildman–Crippen LogP) is 2.39. The molecule has 96 valence electrons. The van der Waals surface area contributed by atoms with Gasteiger partial charge in [-0.3, -0.25) is 11.3 Å². The van der Waals surface area contributed by atoms with Gasteiger partial charge in [0.05, 0.1) is 6.61 Å². The van der Waals surface area contributed by atoms with Gasteiger partial charge in [-0.15, -0.1) is 0 Å². The van der Waals surface area contributed by atoms with Crippen molar-refractivity contribution in [1.29, 1.82) is 0 Å². The van der Waals surface area contributed by atoms with Crippen molar-refractivity contribution in [3.63, 3.8) is 0 Å². The molecule has 0 heterocycles. The first-order valence-corrected chi connectivity index (χ1v) is 6.43. The van der Waals surface area contributed by atoms with Gasteiger partial charge in [-0.2, -0.15) is 0 Å². The molecule has 0 aromatic heterocycles. The van der Waals surface area contributed by atoms with Crippen molar-refractivity contribution < 1.29 is 9.13 Å². The van der Waals surface area contributed by atoms with Crippen LogP contribution in [0.25, 0.3) is 0 Å². The van der Waals surface area contributed by atoms with Crippen molar-refractivity contribution in [2.24, 2.45) is 5.84 Å². The molecule has 0 fully saturated rings. The molecule has 17 heavy (non-hydrogen) atoms. The summed E-state index contributed by atoms with van der Waals surface area (Å²) in [4.78, 5) is 0. The van der Waals surface area contributed by atoms with Gasteiger partial charge >= 0.3 is 0 Å². The van der Waals surface area contributed by atoms with Crippen molar-refractivity contribution in [3.05, 3.63) is 34.1 Å². The molecule has 0 amide bonds. The molecule has 1 aromatic rings. The van der Waals surface area contributed by atoms with Gasteiger partial charge in [-0.1, -0.05) is 22.9 Å². The van der Waals surface area contributed by atoms with Crippen molar-refractivity contribution in [2.45, 2.75) is 25.8 Å². The van der Waals surface area contributed by atoms with Crippen molar-refractivity contribution in [2.75, 3.05) is 13.2 Å². The Hall–Kier alpha value is -0.490. The Balaban J connectivity index is 2.54. The molecule has 1 aromatic carbocycles. The maximum absolute atomic E-state index is 13.2. The van der Waals surface area contributed by atoms with E-state index < -0.39 is 0 Å². The van der Waals surface area contributed by atoms with Crippen LogP contribution in [0.2, 0.25) is 0 Å². The molecule has 3 N–H and O–H groups in total. The number of rotatable bonds is 7. The second-order valence-electron chi connectivity index (χ2n) is 3.92. The Morgan fingerprint density at radius 2 is 2.24 bits per heavy atom. The third kappa shape index (κ3) is 5.59. The maximum Gasteiger partial charge on any atom is 0.124 e. The highest BCUT2D eigenvalue weighted by Gasteiger charge is 2.09. The van der Waals surface area contributed by atoms with E-state index in [1.807, 2.05) is 6.07 Å². The normalized spacial score (nSPS) is 12.7. The van der Waals surface area contributed by atoms with E-state index in [0.717, 1.165) is 16.5 Å². The van der Waals surface area contributed by atoms with Crippen LogP contribution in [0.15, 0.2) is 22.7 Å². The second-order valence-corrected chi connectivity index (χ2v) is 4.84. The minimum Gasteiger partial charge on any atom is -0.380 e. The molecule has 0 saturated carbocycles. The summed E-state index contributed by atoms with van der Waals surface area (Å²) in [5, 5.41) is 0. The molecule has 0 aliphatic rings. The van der Waals surface area contributed by atoms with Gasteiger partial charge < -0.3 is 4.74 Å². The average Bonchev–Trinajstić information content (AvgIpc) is 2.26. The van der Waals surface area contributed by atoms with E-state index in [4.69, 9.17) is 10.6 Å². The molecule has 0 aliphatic heterocycles. The van der Waals surface area contributed by atoms with E-state index in [0.29, 0.717) is 19.6 Å². The van der Waals surface area contributed by atoms with Gasteiger partial charge in [0.2, 0.25) is 0 Å². The Labute approximate surface area is 110 Å². The Kier molecular flexibility index (Phi) is 6.65. The highest BCUT2D eigenvalue weighted by Crippen LogP contribution is 2.16. The van der Waals surface area contributed by atoms with Crippen LogP contribution < -0.4 is 11.3 Å². The Bertz CT molecular complexity index is 329. The Morgan fingerprint density at radius 3 is 2.82 bits per heavy atom. The van der Waals surface area contributed by atoms with Crippen molar-refractivity contribution >= 4 is 15.9 Å². The lowest BCUT2D eigenvalue weighted by Crippen LogP contribution is -2.40. The van der Waals surface area contributed by atoms with Gasteiger partial charge in [0.1, 0.15) is 5.82 Å². The number of halogens is 2. The number of ether oxygens (including phenoxy) is 1. The zero-order valence-electron chi connectivity index (χ0n) is 9.88. The standard InChI is InChI=1S/C12H18BrFN2O/c1-2-3-17-8-12(16-15)6-9-4-10(13)7-11(14)5-9/h4-5,7,12,16H,2-3,6,8,15H2,1H3. The smallest absolute Gasteiger partial charge is 0.124 e. The number of hydrazine groups is 1.